The van der Waals surface area contributed by atoms with E-state index < -0.39 is 11.9 Å². The Morgan fingerprint density at radius 3 is 2.50 bits per heavy atom. The van der Waals surface area contributed by atoms with Gasteiger partial charge in [0.1, 0.15) is 0 Å². The Balaban J connectivity index is 2.07. The summed E-state index contributed by atoms with van der Waals surface area (Å²) >= 11 is 1.52. The second-order valence-corrected chi connectivity index (χ2v) is 5.00. The molecule has 0 unspecified atom stereocenters. The summed E-state index contributed by atoms with van der Waals surface area (Å²) in [4.78, 5) is 29.6. The number of carbonyl (C=O) groups excluding carboxylic acids is 2. The van der Waals surface area contributed by atoms with Gasteiger partial charge < -0.3 is 9.47 Å². The summed E-state index contributed by atoms with van der Waals surface area (Å²) in [6.07, 6.45) is 3.77. The summed E-state index contributed by atoms with van der Waals surface area (Å²) in [5.74, 6) is -0.815. The maximum atomic E-state index is 11.4. The standard InChI is InChI=1S/C12H15N3O4S/c1-18-10(16)7-14(8-11(17)19-2)5-9-6-15-3-4-20-12(15)13-9/h3-4,6H,5,7-8H2,1-2H3. The van der Waals surface area contributed by atoms with Crippen LogP contribution in [0.5, 0.6) is 0 Å². The van der Waals surface area contributed by atoms with Gasteiger partial charge in [0, 0.05) is 24.3 Å². The van der Waals surface area contributed by atoms with Crippen molar-refractivity contribution < 1.29 is 19.1 Å². The number of fused-ring (bicyclic) bond motifs is 1. The molecule has 0 fully saturated rings. The van der Waals surface area contributed by atoms with Crippen LogP contribution in [0.3, 0.4) is 0 Å². The van der Waals surface area contributed by atoms with Gasteiger partial charge in [0.25, 0.3) is 0 Å². The zero-order valence-electron chi connectivity index (χ0n) is 11.2. The molecule has 0 saturated heterocycles. The Morgan fingerprint density at radius 2 is 1.95 bits per heavy atom. The van der Waals surface area contributed by atoms with Crippen molar-refractivity contribution in [2.24, 2.45) is 0 Å². The van der Waals surface area contributed by atoms with E-state index in [0.29, 0.717) is 6.54 Å². The Morgan fingerprint density at radius 1 is 1.30 bits per heavy atom. The van der Waals surface area contributed by atoms with Crippen molar-refractivity contribution in [3.63, 3.8) is 0 Å². The smallest absolute Gasteiger partial charge is 0.319 e. The molecule has 2 heterocycles. The molecule has 0 aliphatic rings. The van der Waals surface area contributed by atoms with Crippen LogP contribution in [0.2, 0.25) is 0 Å². The number of ether oxygens (including phenoxy) is 2. The lowest BCUT2D eigenvalue weighted by molar-refractivity contribution is -0.145. The third-order valence-corrected chi connectivity index (χ3v) is 3.46. The molecule has 0 aromatic carbocycles. The lowest BCUT2D eigenvalue weighted by Crippen LogP contribution is -2.35. The molecule has 0 amide bonds. The quantitative estimate of drug-likeness (QED) is 0.725. The molecule has 0 atom stereocenters. The molecule has 2 aromatic rings. The molecule has 0 bridgehead atoms. The Hall–Kier alpha value is -1.93. The van der Waals surface area contributed by atoms with Gasteiger partial charge in [0.05, 0.1) is 33.0 Å². The highest BCUT2D eigenvalue weighted by Gasteiger charge is 2.17. The van der Waals surface area contributed by atoms with E-state index in [1.54, 1.807) is 4.90 Å². The molecule has 2 aromatic heterocycles. The molecule has 0 radical (unpaired) electrons. The number of nitrogens with zero attached hydrogens (tertiary/aromatic N) is 3. The maximum absolute atomic E-state index is 11.4. The van der Waals surface area contributed by atoms with E-state index >= 15 is 0 Å². The predicted molar refractivity (Wildman–Crippen MR) is 72.4 cm³/mol. The summed E-state index contributed by atoms with van der Waals surface area (Å²) in [5, 5.41) is 1.94. The number of aromatic nitrogens is 2. The minimum absolute atomic E-state index is 0.0107. The van der Waals surface area contributed by atoms with Gasteiger partial charge in [0.15, 0.2) is 4.96 Å². The first-order valence-corrected chi connectivity index (χ1v) is 6.77. The molecule has 0 aliphatic carbocycles. The summed E-state index contributed by atoms with van der Waals surface area (Å²) in [5.41, 5.74) is 0.782. The van der Waals surface area contributed by atoms with E-state index in [1.807, 2.05) is 22.2 Å². The first kappa shape index (κ1) is 14.5. The molecule has 2 rings (SSSR count). The fourth-order valence-electron chi connectivity index (χ4n) is 1.74. The molecule has 0 N–H and O–H groups in total. The van der Waals surface area contributed by atoms with Gasteiger partial charge in [-0.25, -0.2) is 4.98 Å². The molecule has 8 heteroatoms. The van der Waals surface area contributed by atoms with Crippen LogP contribution in [0.25, 0.3) is 4.96 Å². The van der Waals surface area contributed by atoms with Gasteiger partial charge in [0.2, 0.25) is 0 Å². The zero-order chi connectivity index (χ0) is 14.5. The number of thiazole rings is 1. The zero-order valence-corrected chi connectivity index (χ0v) is 12.1. The minimum Gasteiger partial charge on any atom is -0.468 e. The van der Waals surface area contributed by atoms with Gasteiger partial charge >= 0.3 is 11.9 Å². The lowest BCUT2D eigenvalue weighted by atomic mass is 10.4. The van der Waals surface area contributed by atoms with Crippen molar-refractivity contribution >= 4 is 28.2 Å². The van der Waals surface area contributed by atoms with E-state index in [4.69, 9.17) is 0 Å². The number of hydrogen-bond donors (Lipinski definition) is 0. The number of methoxy groups -OCH3 is 2. The monoisotopic (exact) mass is 297 g/mol. The highest BCUT2D eigenvalue weighted by Crippen LogP contribution is 2.12. The van der Waals surface area contributed by atoms with Crippen molar-refractivity contribution in [2.45, 2.75) is 6.54 Å². The molecular formula is C12H15N3O4S. The van der Waals surface area contributed by atoms with Gasteiger partial charge in [-0.15, -0.1) is 11.3 Å². The summed E-state index contributed by atoms with van der Waals surface area (Å²) in [7, 11) is 2.62. The molecule has 108 valence electrons. The predicted octanol–water partition coefficient (Wildman–Crippen LogP) is 0.544. The molecule has 0 aliphatic heterocycles. The van der Waals surface area contributed by atoms with E-state index in [0.717, 1.165) is 10.7 Å². The average Bonchev–Trinajstić information content (AvgIpc) is 2.99. The van der Waals surface area contributed by atoms with Gasteiger partial charge in [-0.2, -0.15) is 0 Å². The van der Waals surface area contributed by atoms with E-state index in [1.165, 1.54) is 25.6 Å². The van der Waals surface area contributed by atoms with Gasteiger partial charge in [-0.1, -0.05) is 0 Å². The van der Waals surface area contributed by atoms with Crippen molar-refractivity contribution in [1.82, 2.24) is 14.3 Å². The number of hydrogen-bond acceptors (Lipinski definition) is 7. The third-order valence-electron chi connectivity index (χ3n) is 2.69. The normalized spacial score (nSPS) is 10.9. The van der Waals surface area contributed by atoms with Gasteiger partial charge in [-0.3, -0.25) is 18.9 Å². The fourth-order valence-corrected chi connectivity index (χ4v) is 2.46. The first-order chi connectivity index (χ1) is 9.62. The number of rotatable bonds is 6. The van der Waals surface area contributed by atoms with Crippen LogP contribution in [0.15, 0.2) is 17.8 Å². The Kier molecular flexibility index (Phi) is 4.70. The molecular weight excluding hydrogens is 282 g/mol. The van der Waals surface area contributed by atoms with Crippen molar-refractivity contribution in [3.05, 3.63) is 23.5 Å². The fraction of sp³-hybridized carbons (Fsp3) is 0.417. The van der Waals surface area contributed by atoms with Crippen LogP contribution in [0.4, 0.5) is 0 Å². The lowest BCUT2D eigenvalue weighted by Gasteiger charge is -2.18. The highest BCUT2D eigenvalue weighted by atomic mass is 32.1. The van der Waals surface area contributed by atoms with E-state index in [2.05, 4.69) is 14.5 Å². The molecule has 0 spiro atoms. The van der Waals surface area contributed by atoms with Crippen molar-refractivity contribution in [3.8, 4) is 0 Å². The minimum atomic E-state index is -0.407. The Bertz CT molecular complexity index is 560. The summed E-state index contributed by atoms with van der Waals surface area (Å²) in [6, 6.07) is 0. The van der Waals surface area contributed by atoms with Gasteiger partial charge in [-0.05, 0) is 0 Å². The second kappa shape index (κ2) is 6.49. The van der Waals surface area contributed by atoms with Crippen LogP contribution < -0.4 is 0 Å². The summed E-state index contributed by atoms with van der Waals surface area (Å²) in [6.45, 7) is 0.395. The molecule has 0 saturated carbocycles. The van der Waals surface area contributed by atoms with Crippen molar-refractivity contribution in [1.29, 1.82) is 0 Å². The second-order valence-electron chi connectivity index (χ2n) is 4.12. The van der Waals surface area contributed by atoms with Crippen LogP contribution in [-0.2, 0) is 25.6 Å². The van der Waals surface area contributed by atoms with Crippen LogP contribution in [-0.4, -0.2) is 53.5 Å². The van der Waals surface area contributed by atoms with Crippen LogP contribution >= 0.6 is 11.3 Å². The average molecular weight is 297 g/mol. The molecule has 20 heavy (non-hydrogen) atoms. The first-order valence-electron chi connectivity index (χ1n) is 5.89. The van der Waals surface area contributed by atoms with E-state index in [9.17, 15) is 9.59 Å². The Labute approximate surface area is 119 Å². The van der Waals surface area contributed by atoms with Crippen molar-refractivity contribution in [2.75, 3.05) is 27.3 Å². The largest absolute Gasteiger partial charge is 0.468 e. The maximum Gasteiger partial charge on any atom is 0.319 e. The third kappa shape index (κ3) is 3.55. The number of imidazole rings is 1. The topological polar surface area (TPSA) is 73.1 Å². The van der Waals surface area contributed by atoms with E-state index in [-0.39, 0.29) is 13.1 Å². The van der Waals surface area contributed by atoms with Crippen LogP contribution in [0.1, 0.15) is 5.69 Å². The number of carbonyl (C=O) groups is 2. The SMILES string of the molecule is COC(=O)CN(CC(=O)OC)Cc1cn2ccsc2n1. The van der Waals surface area contributed by atoms with Crippen LogP contribution in [0, 0.1) is 0 Å². The molecule has 7 nitrogen and oxygen atoms in total. The number of esters is 2. The summed E-state index contributed by atoms with van der Waals surface area (Å²) < 4.78 is 11.1. The highest BCUT2D eigenvalue weighted by molar-refractivity contribution is 7.15.